The summed E-state index contributed by atoms with van der Waals surface area (Å²) >= 11 is 0. The van der Waals surface area contributed by atoms with Gasteiger partial charge in [-0.2, -0.15) is 0 Å². The third kappa shape index (κ3) is 4.05. The van der Waals surface area contributed by atoms with E-state index in [1.807, 2.05) is 62.4 Å². The highest BCUT2D eigenvalue weighted by Gasteiger charge is 2.25. The second kappa shape index (κ2) is 7.35. The Kier molecular flexibility index (Phi) is 5.45. The summed E-state index contributed by atoms with van der Waals surface area (Å²) in [7, 11) is 0. The molecule has 0 saturated heterocycles. The Labute approximate surface area is 144 Å². The monoisotopic (exact) mass is 320 g/mol. The van der Waals surface area contributed by atoms with Crippen LogP contribution in [0.15, 0.2) is 58.5 Å². The van der Waals surface area contributed by atoms with Crippen molar-refractivity contribution in [2.24, 2.45) is 15.4 Å². The SMILES string of the molecule is Cc1cccc(C)c1N=C(C(=NC=O)c1ccccc1)C(C)(C)C. The van der Waals surface area contributed by atoms with E-state index < -0.39 is 0 Å². The normalized spacial score (nSPS) is 13.0. The maximum atomic E-state index is 11.2. The summed E-state index contributed by atoms with van der Waals surface area (Å²) in [6.07, 6.45) is 0.592. The third-order valence-corrected chi connectivity index (χ3v) is 3.83. The molecule has 0 fully saturated rings. The molecule has 0 aliphatic rings. The number of hydrogen-bond donors (Lipinski definition) is 0. The van der Waals surface area contributed by atoms with Gasteiger partial charge < -0.3 is 0 Å². The van der Waals surface area contributed by atoms with Gasteiger partial charge in [0.05, 0.1) is 17.1 Å². The number of hydrogen-bond acceptors (Lipinski definition) is 2. The standard InChI is InChI=1S/C21H24N2O/c1-15-10-9-11-16(2)18(15)23-20(21(3,4)5)19(22-14-24)17-12-7-6-8-13-17/h6-14H,1-5H3. The summed E-state index contributed by atoms with van der Waals surface area (Å²) in [6, 6.07) is 15.8. The molecule has 0 aromatic heterocycles. The zero-order chi connectivity index (χ0) is 17.7. The van der Waals surface area contributed by atoms with Crippen LogP contribution < -0.4 is 0 Å². The molecule has 0 atom stereocenters. The van der Waals surface area contributed by atoms with Gasteiger partial charge in [-0.05, 0) is 25.0 Å². The molecule has 0 aliphatic carbocycles. The van der Waals surface area contributed by atoms with E-state index in [0.717, 1.165) is 28.1 Å². The fraction of sp³-hybridized carbons (Fsp3) is 0.286. The highest BCUT2D eigenvalue weighted by molar-refractivity contribution is 6.50. The fourth-order valence-electron chi connectivity index (χ4n) is 2.59. The summed E-state index contributed by atoms with van der Waals surface area (Å²) in [6.45, 7) is 10.4. The van der Waals surface area contributed by atoms with Crippen LogP contribution in [0.4, 0.5) is 5.69 Å². The fourth-order valence-corrected chi connectivity index (χ4v) is 2.59. The first kappa shape index (κ1) is 17.8. The first-order valence-electron chi connectivity index (χ1n) is 8.07. The predicted molar refractivity (Wildman–Crippen MR) is 102 cm³/mol. The molecule has 0 spiro atoms. The summed E-state index contributed by atoms with van der Waals surface area (Å²) in [5.41, 5.74) is 5.22. The Morgan fingerprint density at radius 2 is 1.50 bits per heavy atom. The number of rotatable bonds is 4. The van der Waals surface area contributed by atoms with Crippen molar-refractivity contribution in [3.63, 3.8) is 0 Å². The van der Waals surface area contributed by atoms with Crippen molar-refractivity contribution in [2.45, 2.75) is 34.6 Å². The van der Waals surface area contributed by atoms with E-state index in [0.29, 0.717) is 12.1 Å². The van der Waals surface area contributed by atoms with Crippen LogP contribution in [0.1, 0.15) is 37.5 Å². The van der Waals surface area contributed by atoms with Crippen LogP contribution >= 0.6 is 0 Å². The number of aryl methyl sites for hydroxylation is 2. The third-order valence-electron chi connectivity index (χ3n) is 3.83. The largest absolute Gasteiger partial charge is 0.276 e. The summed E-state index contributed by atoms with van der Waals surface area (Å²) < 4.78 is 0. The van der Waals surface area contributed by atoms with E-state index >= 15 is 0 Å². The smallest absolute Gasteiger partial charge is 0.233 e. The molecular weight excluding hydrogens is 296 g/mol. The van der Waals surface area contributed by atoms with Gasteiger partial charge in [-0.1, -0.05) is 69.3 Å². The minimum atomic E-state index is -0.258. The van der Waals surface area contributed by atoms with Crippen molar-refractivity contribution in [3.05, 3.63) is 65.2 Å². The highest BCUT2D eigenvalue weighted by atomic mass is 16.1. The minimum absolute atomic E-state index is 0.258. The molecule has 3 nitrogen and oxygen atoms in total. The van der Waals surface area contributed by atoms with E-state index in [9.17, 15) is 4.79 Å². The minimum Gasteiger partial charge on any atom is -0.276 e. The molecule has 0 N–H and O–H groups in total. The summed E-state index contributed by atoms with van der Waals surface area (Å²) in [4.78, 5) is 20.2. The van der Waals surface area contributed by atoms with Gasteiger partial charge in [-0.25, -0.2) is 4.99 Å². The number of nitrogens with zero attached hydrogens (tertiary/aromatic N) is 2. The Balaban J connectivity index is 2.71. The Morgan fingerprint density at radius 3 is 2.00 bits per heavy atom. The lowest BCUT2D eigenvalue weighted by Crippen LogP contribution is -2.30. The number of amides is 1. The van der Waals surface area contributed by atoms with Crippen molar-refractivity contribution in [1.82, 2.24) is 0 Å². The highest BCUT2D eigenvalue weighted by Crippen LogP contribution is 2.28. The molecule has 2 rings (SSSR count). The Bertz CT molecular complexity index is 761. The average molecular weight is 320 g/mol. The van der Waals surface area contributed by atoms with Crippen molar-refractivity contribution in [2.75, 3.05) is 0 Å². The van der Waals surface area contributed by atoms with Crippen LogP contribution in [-0.4, -0.2) is 17.8 Å². The number of carbonyl (C=O) groups excluding carboxylic acids is 1. The topological polar surface area (TPSA) is 41.8 Å². The first-order valence-corrected chi connectivity index (χ1v) is 8.07. The number of aliphatic imine (C=N–C) groups is 2. The molecule has 0 radical (unpaired) electrons. The molecular formula is C21H24N2O. The van der Waals surface area contributed by atoms with E-state index in [1.165, 1.54) is 0 Å². The molecule has 2 aromatic carbocycles. The molecule has 1 amide bonds. The van der Waals surface area contributed by atoms with E-state index in [2.05, 4.69) is 25.8 Å². The van der Waals surface area contributed by atoms with E-state index in [-0.39, 0.29) is 5.41 Å². The quantitative estimate of drug-likeness (QED) is 0.573. The predicted octanol–water partition coefficient (Wildman–Crippen LogP) is 5.07. The van der Waals surface area contributed by atoms with Crippen LogP contribution in [0.3, 0.4) is 0 Å². The maximum absolute atomic E-state index is 11.2. The van der Waals surface area contributed by atoms with Crippen LogP contribution in [0.2, 0.25) is 0 Å². The molecule has 24 heavy (non-hydrogen) atoms. The van der Waals surface area contributed by atoms with Crippen LogP contribution in [-0.2, 0) is 4.79 Å². The summed E-state index contributed by atoms with van der Waals surface area (Å²) in [5, 5.41) is 0. The number of carbonyl (C=O) groups is 1. The van der Waals surface area contributed by atoms with Gasteiger partial charge in [0.1, 0.15) is 0 Å². The van der Waals surface area contributed by atoms with Gasteiger partial charge in [-0.3, -0.25) is 9.79 Å². The number of para-hydroxylation sites is 1. The van der Waals surface area contributed by atoms with Crippen molar-refractivity contribution < 1.29 is 4.79 Å². The molecule has 0 bridgehead atoms. The van der Waals surface area contributed by atoms with Crippen molar-refractivity contribution in [1.29, 1.82) is 0 Å². The zero-order valence-corrected chi connectivity index (χ0v) is 15.0. The molecule has 3 heteroatoms. The van der Waals surface area contributed by atoms with Crippen LogP contribution in [0.25, 0.3) is 0 Å². The molecule has 0 unspecified atom stereocenters. The average Bonchev–Trinajstić information content (AvgIpc) is 2.53. The van der Waals surface area contributed by atoms with Gasteiger partial charge in [0.15, 0.2) is 0 Å². The number of benzene rings is 2. The molecule has 0 heterocycles. The molecule has 0 saturated carbocycles. The second-order valence-corrected chi connectivity index (χ2v) is 6.90. The van der Waals surface area contributed by atoms with Crippen LogP contribution in [0, 0.1) is 19.3 Å². The molecule has 124 valence electrons. The van der Waals surface area contributed by atoms with E-state index in [4.69, 9.17) is 4.99 Å². The maximum Gasteiger partial charge on any atom is 0.233 e. The van der Waals surface area contributed by atoms with Gasteiger partial charge in [0, 0.05) is 11.0 Å². The van der Waals surface area contributed by atoms with Crippen molar-refractivity contribution >= 4 is 23.5 Å². The second-order valence-electron chi connectivity index (χ2n) is 6.90. The lowest BCUT2D eigenvalue weighted by Gasteiger charge is -2.23. The molecule has 0 aliphatic heterocycles. The Hall–Kier alpha value is -2.55. The van der Waals surface area contributed by atoms with Crippen LogP contribution in [0.5, 0.6) is 0 Å². The van der Waals surface area contributed by atoms with Gasteiger partial charge in [0.25, 0.3) is 0 Å². The van der Waals surface area contributed by atoms with Gasteiger partial charge in [0.2, 0.25) is 6.41 Å². The zero-order valence-electron chi connectivity index (χ0n) is 15.0. The lowest BCUT2D eigenvalue weighted by molar-refractivity contribution is -0.106. The first-order chi connectivity index (χ1) is 11.3. The van der Waals surface area contributed by atoms with E-state index in [1.54, 1.807) is 0 Å². The Morgan fingerprint density at radius 1 is 0.917 bits per heavy atom. The summed E-state index contributed by atoms with van der Waals surface area (Å²) in [5.74, 6) is 0. The molecule has 2 aromatic rings. The van der Waals surface area contributed by atoms with Gasteiger partial charge in [-0.15, -0.1) is 0 Å². The van der Waals surface area contributed by atoms with Crippen molar-refractivity contribution in [3.8, 4) is 0 Å². The van der Waals surface area contributed by atoms with Gasteiger partial charge >= 0.3 is 0 Å². The lowest BCUT2D eigenvalue weighted by atomic mass is 9.84.